The van der Waals surface area contributed by atoms with Gasteiger partial charge in [0.05, 0.1) is 51.2 Å². The lowest BCUT2D eigenvalue weighted by Crippen LogP contribution is -2.50. The summed E-state index contributed by atoms with van der Waals surface area (Å²) < 4.78 is 91.4. The molecule has 0 saturated carbocycles. The number of halogens is 6. The molecule has 33 heavy (non-hydrogen) atoms. The number of amides is 1. The van der Waals surface area contributed by atoms with Gasteiger partial charge >= 0.3 is 30.3 Å². The molecule has 1 aromatic rings. The summed E-state index contributed by atoms with van der Waals surface area (Å²) in [7, 11) is 2.79. The van der Waals surface area contributed by atoms with E-state index in [0.29, 0.717) is 12.1 Å². The topological polar surface area (TPSA) is 108 Å². The zero-order valence-electron chi connectivity index (χ0n) is 17.4. The Kier molecular flexibility index (Phi) is 9.24. The highest BCUT2D eigenvalue weighted by Gasteiger charge is 2.40. The van der Waals surface area contributed by atoms with Crippen LogP contribution in [0.5, 0.6) is 0 Å². The fraction of sp³-hybridized carbons (Fsp3) is 0.474. The van der Waals surface area contributed by atoms with E-state index >= 15 is 0 Å². The van der Waals surface area contributed by atoms with E-state index in [1.165, 1.54) is 0 Å². The van der Waals surface area contributed by atoms with Crippen LogP contribution in [-0.4, -0.2) is 51.2 Å². The molecule has 0 unspecified atom stereocenters. The van der Waals surface area contributed by atoms with E-state index in [2.05, 4.69) is 14.2 Å². The highest BCUT2D eigenvalue weighted by molar-refractivity contribution is 5.91. The Hall–Kier alpha value is -3.32. The molecule has 0 bridgehead atoms. The lowest BCUT2D eigenvalue weighted by molar-refractivity contribution is -0.159. The van der Waals surface area contributed by atoms with Gasteiger partial charge in [0.1, 0.15) is 6.04 Å². The summed E-state index contributed by atoms with van der Waals surface area (Å²) >= 11 is 0. The highest BCUT2D eigenvalue weighted by Crippen LogP contribution is 2.36. The Morgan fingerprint density at radius 2 is 1.30 bits per heavy atom. The summed E-state index contributed by atoms with van der Waals surface area (Å²) in [5.74, 6) is -6.19. The van der Waals surface area contributed by atoms with Crippen LogP contribution in [0.15, 0.2) is 18.2 Å². The van der Waals surface area contributed by atoms with Crippen molar-refractivity contribution in [1.29, 1.82) is 0 Å². The number of esters is 3. The Morgan fingerprint density at radius 3 is 1.70 bits per heavy atom. The third-order valence-electron chi connectivity index (χ3n) is 4.30. The molecule has 0 heterocycles. The Morgan fingerprint density at radius 1 is 0.818 bits per heavy atom. The first-order valence-electron chi connectivity index (χ1n) is 8.94. The summed E-state index contributed by atoms with van der Waals surface area (Å²) in [6, 6.07) is -1.27. The molecule has 0 aliphatic heterocycles. The fourth-order valence-corrected chi connectivity index (χ4v) is 2.73. The number of hydrogen-bond acceptors (Lipinski definition) is 7. The van der Waals surface area contributed by atoms with Crippen molar-refractivity contribution in [3.05, 3.63) is 34.9 Å². The van der Waals surface area contributed by atoms with Gasteiger partial charge in [-0.2, -0.15) is 26.3 Å². The summed E-state index contributed by atoms with van der Waals surface area (Å²) in [6.45, 7) is 0. The van der Waals surface area contributed by atoms with E-state index in [4.69, 9.17) is 0 Å². The van der Waals surface area contributed by atoms with E-state index in [1.54, 1.807) is 0 Å². The van der Waals surface area contributed by atoms with Crippen molar-refractivity contribution in [2.75, 3.05) is 21.3 Å². The summed E-state index contributed by atoms with van der Waals surface area (Å²) in [5.41, 5.74) is -3.94. The number of methoxy groups -OCH3 is 3. The van der Waals surface area contributed by atoms with Gasteiger partial charge in [0, 0.05) is 0 Å². The lowest BCUT2D eigenvalue weighted by atomic mass is 9.95. The van der Waals surface area contributed by atoms with E-state index in [0.717, 1.165) is 21.3 Å². The van der Waals surface area contributed by atoms with Crippen LogP contribution in [-0.2, 0) is 52.2 Å². The number of carbonyl (C=O) groups is 4. The van der Waals surface area contributed by atoms with Crippen LogP contribution in [0.1, 0.15) is 23.1 Å². The molecule has 1 rings (SSSR count). The van der Waals surface area contributed by atoms with Gasteiger partial charge in [0.2, 0.25) is 5.91 Å². The first-order chi connectivity index (χ1) is 15.1. The van der Waals surface area contributed by atoms with E-state index in [-0.39, 0.29) is 6.07 Å². The van der Waals surface area contributed by atoms with Gasteiger partial charge < -0.3 is 19.5 Å². The van der Waals surface area contributed by atoms with Crippen LogP contribution in [0.4, 0.5) is 26.3 Å². The Balaban J connectivity index is 3.27. The van der Waals surface area contributed by atoms with Crippen molar-refractivity contribution in [2.45, 2.75) is 31.2 Å². The fourth-order valence-electron chi connectivity index (χ4n) is 2.73. The minimum absolute atomic E-state index is 0.109. The summed E-state index contributed by atoms with van der Waals surface area (Å²) in [4.78, 5) is 48.1. The number of carbonyl (C=O) groups excluding carboxylic acids is 4. The van der Waals surface area contributed by atoms with Crippen molar-refractivity contribution in [3.8, 4) is 0 Å². The zero-order valence-corrected chi connectivity index (χ0v) is 17.4. The van der Waals surface area contributed by atoms with Gasteiger partial charge in [0.15, 0.2) is 0 Å². The second-order valence-electron chi connectivity index (χ2n) is 6.57. The van der Waals surface area contributed by atoms with Crippen molar-refractivity contribution < 1.29 is 59.7 Å². The molecule has 1 N–H and O–H groups in total. The smallest absolute Gasteiger partial charge is 0.416 e. The molecule has 184 valence electrons. The molecule has 2 atom stereocenters. The number of hydrogen-bond donors (Lipinski definition) is 1. The molecular formula is C19H19F6NO7. The molecule has 1 amide bonds. The maximum Gasteiger partial charge on any atom is 0.416 e. The minimum atomic E-state index is -5.13. The lowest BCUT2D eigenvalue weighted by Gasteiger charge is -2.23. The van der Waals surface area contributed by atoms with E-state index in [9.17, 15) is 45.5 Å². The molecule has 0 saturated heterocycles. The maximum atomic E-state index is 13.0. The third-order valence-corrected chi connectivity index (χ3v) is 4.30. The second-order valence-corrected chi connectivity index (χ2v) is 6.57. The maximum absolute atomic E-state index is 13.0. The SMILES string of the molecule is COC(=O)C[C@@H](C(=O)OC)[C@H](NC(=O)Cc1cc(C(F)(F)F)cc(C(F)(F)F)c1)C(=O)OC. The van der Waals surface area contributed by atoms with Gasteiger partial charge in [-0.05, 0) is 23.8 Å². The van der Waals surface area contributed by atoms with Gasteiger partial charge in [-0.3, -0.25) is 14.4 Å². The van der Waals surface area contributed by atoms with Gasteiger partial charge in [-0.15, -0.1) is 0 Å². The average Bonchev–Trinajstić information content (AvgIpc) is 2.73. The Labute approximate surface area is 183 Å². The summed E-state index contributed by atoms with van der Waals surface area (Å²) in [6.07, 6.45) is -12.0. The molecule has 0 spiro atoms. The monoisotopic (exact) mass is 487 g/mol. The van der Waals surface area contributed by atoms with Gasteiger partial charge in [0.25, 0.3) is 0 Å². The molecule has 1 aromatic carbocycles. The number of benzene rings is 1. The predicted molar refractivity (Wildman–Crippen MR) is 96.2 cm³/mol. The first-order valence-corrected chi connectivity index (χ1v) is 8.94. The number of nitrogens with one attached hydrogen (secondary N) is 1. The largest absolute Gasteiger partial charge is 0.469 e. The molecular weight excluding hydrogens is 468 g/mol. The number of alkyl halides is 6. The van der Waals surface area contributed by atoms with Gasteiger partial charge in [-0.1, -0.05) is 0 Å². The second kappa shape index (κ2) is 11.0. The molecule has 0 aromatic heterocycles. The molecule has 0 fully saturated rings. The van der Waals surface area contributed by atoms with Crippen LogP contribution in [0.25, 0.3) is 0 Å². The first kappa shape index (κ1) is 27.7. The van der Waals surface area contributed by atoms with Crippen molar-refractivity contribution >= 4 is 23.8 Å². The van der Waals surface area contributed by atoms with Crippen LogP contribution in [0.2, 0.25) is 0 Å². The van der Waals surface area contributed by atoms with E-state index in [1.807, 2.05) is 5.32 Å². The molecule has 8 nitrogen and oxygen atoms in total. The number of ether oxygens (including phenoxy) is 3. The molecule has 14 heteroatoms. The molecule has 0 aliphatic rings. The molecule has 0 radical (unpaired) electrons. The minimum Gasteiger partial charge on any atom is -0.469 e. The number of rotatable bonds is 8. The average molecular weight is 487 g/mol. The van der Waals surface area contributed by atoms with Crippen molar-refractivity contribution in [3.63, 3.8) is 0 Å². The van der Waals surface area contributed by atoms with Crippen molar-refractivity contribution in [1.82, 2.24) is 5.32 Å². The van der Waals surface area contributed by atoms with Crippen molar-refractivity contribution in [2.24, 2.45) is 5.92 Å². The van der Waals surface area contributed by atoms with Crippen LogP contribution in [0, 0.1) is 5.92 Å². The summed E-state index contributed by atoms with van der Waals surface area (Å²) in [5, 5.41) is 1.99. The standard InChI is InChI=1S/C19H19F6NO7/c1-31-14(28)8-12(16(29)32-2)15(17(30)33-3)26-13(27)6-9-4-10(18(20,21)22)7-11(5-9)19(23,24)25/h4-5,7,12,15H,6,8H2,1-3H3,(H,26,27)/t12-,15+/m1/s1. The molecule has 0 aliphatic carbocycles. The quantitative estimate of drug-likeness (QED) is 0.341. The third kappa shape index (κ3) is 7.95. The Bertz CT molecular complexity index is 865. The van der Waals surface area contributed by atoms with Crippen LogP contribution in [0.3, 0.4) is 0 Å². The van der Waals surface area contributed by atoms with Crippen LogP contribution < -0.4 is 5.32 Å². The van der Waals surface area contributed by atoms with Crippen LogP contribution >= 0.6 is 0 Å². The predicted octanol–water partition coefficient (Wildman–Crippen LogP) is 2.28. The normalized spacial score (nSPS) is 13.5. The highest BCUT2D eigenvalue weighted by atomic mass is 19.4. The van der Waals surface area contributed by atoms with Gasteiger partial charge in [-0.25, -0.2) is 4.79 Å². The van der Waals surface area contributed by atoms with E-state index < -0.39 is 77.7 Å². The zero-order chi connectivity index (χ0) is 25.6.